The third-order valence-corrected chi connectivity index (χ3v) is 6.15. The average Bonchev–Trinajstić information content (AvgIpc) is 2.99. The van der Waals surface area contributed by atoms with Gasteiger partial charge in [-0.2, -0.15) is 0 Å². The van der Waals surface area contributed by atoms with E-state index in [-0.39, 0.29) is 23.2 Å². The van der Waals surface area contributed by atoms with Gasteiger partial charge in [0.1, 0.15) is 4.21 Å². The van der Waals surface area contributed by atoms with Crippen LogP contribution in [-0.2, 0) is 21.4 Å². The molecule has 1 amide bonds. The molecule has 1 aromatic carbocycles. The van der Waals surface area contributed by atoms with E-state index in [4.69, 9.17) is 11.6 Å². The number of carbonyl (C=O) groups excluding carboxylic acids is 1. The molecule has 0 fully saturated rings. The summed E-state index contributed by atoms with van der Waals surface area (Å²) in [6.45, 7) is 3.21. The van der Waals surface area contributed by atoms with Crippen molar-refractivity contribution in [3.05, 3.63) is 46.3 Å². The molecule has 3 N–H and O–H groups in total. The van der Waals surface area contributed by atoms with Gasteiger partial charge in [-0.05, 0) is 36.4 Å². The lowest BCUT2D eigenvalue weighted by Crippen LogP contribution is -2.32. The third-order valence-electron chi connectivity index (χ3n) is 3.03. The summed E-state index contributed by atoms with van der Waals surface area (Å²) in [4.78, 5) is 11.9. The maximum Gasteiger partial charge on any atom is 0.250 e. The highest BCUT2D eigenvalue weighted by Crippen LogP contribution is 2.25. The Hall–Kier alpha value is -1.16. The Balaban J connectivity index is 0.00000312. The number of rotatable bonds is 8. The van der Waals surface area contributed by atoms with Crippen molar-refractivity contribution in [3.63, 3.8) is 0 Å². The average molecular weight is 424 g/mol. The maximum atomic E-state index is 12.0. The molecule has 0 saturated heterocycles. The first-order valence-corrected chi connectivity index (χ1v) is 9.93. The number of hydrogen-bond donors (Lipinski definition) is 3. The fourth-order valence-electron chi connectivity index (χ4n) is 1.91. The molecule has 6 nitrogen and oxygen atoms in total. The highest BCUT2D eigenvalue weighted by Gasteiger charge is 2.17. The fraction of sp³-hybridized carbons (Fsp3) is 0.267. The first-order valence-electron chi connectivity index (χ1n) is 7.25. The summed E-state index contributed by atoms with van der Waals surface area (Å²) < 4.78 is 26.8. The summed E-state index contributed by atoms with van der Waals surface area (Å²) in [5.74, 6) is -0.443. The molecule has 0 atom stereocenters. The largest absolute Gasteiger partial charge is 0.325 e. The summed E-state index contributed by atoms with van der Waals surface area (Å²) in [7, 11) is -3.73. The predicted octanol–water partition coefficient (Wildman–Crippen LogP) is 2.85. The number of benzene rings is 1. The molecular formula is C15H19Cl2N3O3S2. The van der Waals surface area contributed by atoms with Crippen LogP contribution in [0.25, 0.3) is 0 Å². The lowest BCUT2D eigenvalue weighted by atomic mass is 10.2. The fourth-order valence-corrected chi connectivity index (χ4v) is 4.42. The summed E-state index contributed by atoms with van der Waals surface area (Å²) in [5.41, 5.74) is 1.65. The van der Waals surface area contributed by atoms with Crippen LogP contribution in [0.1, 0.15) is 12.5 Å². The van der Waals surface area contributed by atoms with Gasteiger partial charge in [0.05, 0.1) is 10.9 Å². The molecular weight excluding hydrogens is 405 g/mol. The number of halogens is 2. The Labute approximate surface area is 162 Å². The molecule has 1 heterocycles. The van der Waals surface area contributed by atoms with Crippen LogP contribution in [0.2, 0.25) is 4.34 Å². The Morgan fingerprint density at radius 2 is 2.00 bits per heavy atom. The maximum absolute atomic E-state index is 12.0. The van der Waals surface area contributed by atoms with Crippen molar-refractivity contribution in [1.82, 2.24) is 10.0 Å². The van der Waals surface area contributed by atoms with Crippen molar-refractivity contribution in [2.24, 2.45) is 0 Å². The molecule has 0 saturated carbocycles. The van der Waals surface area contributed by atoms with E-state index < -0.39 is 15.9 Å². The number of amides is 1. The number of nitrogens with one attached hydrogen (secondary N) is 3. The minimum Gasteiger partial charge on any atom is -0.325 e. The minimum absolute atomic E-state index is 0. The molecule has 0 aliphatic heterocycles. The zero-order valence-corrected chi connectivity index (χ0v) is 16.6. The van der Waals surface area contributed by atoms with Gasteiger partial charge in [-0.25, -0.2) is 13.1 Å². The molecule has 0 radical (unpaired) electrons. The molecule has 2 rings (SSSR count). The van der Waals surface area contributed by atoms with Gasteiger partial charge in [0.15, 0.2) is 0 Å². The van der Waals surface area contributed by atoms with E-state index >= 15 is 0 Å². The van der Waals surface area contributed by atoms with Crippen LogP contribution in [-0.4, -0.2) is 27.4 Å². The van der Waals surface area contributed by atoms with Crippen LogP contribution in [0.15, 0.2) is 40.6 Å². The summed E-state index contributed by atoms with van der Waals surface area (Å²) in [6, 6.07) is 10.3. The van der Waals surface area contributed by atoms with Crippen LogP contribution < -0.4 is 15.4 Å². The summed E-state index contributed by atoms with van der Waals surface area (Å²) in [6.07, 6.45) is 0. The minimum atomic E-state index is -3.73. The van der Waals surface area contributed by atoms with Crippen LogP contribution in [0, 0.1) is 0 Å². The molecule has 0 aliphatic rings. The highest BCUT2D eigenvalue weighted by molar-refractivity contribution is 7.91. The number of thiophene rings is 1. The molecule has 1 aromatic heterocycles. The van der Waals surface area contributed by atoms with Gasteiger partial charge in [-0.3, -0.25) is 4.79 Å². The molecule has 0 spiro atoms. The zero-order chi connectivity index (χ0) is 17.6. The van der Waals surface area contributed by atoms with E-state index in [0.717, 1.165) is 23.4 Å². The Bertz CT molecular complexity index is 810. The molecule has 25 heavy (non-hydrogen) atoms. The molecule has 10 heteroatoms. The van der Waals surface area contributed by atoms with Crippen LogP contribution in [0.5, 0.6) is 0 Å². The Kier molecular flexibility index (Phi) is 8.84. The van der Waals surface area contributed by atoms with E-state index in [0.29, 0.717) is 16.6 Å². The molecule has 0 aliphatic carbocycles. The second kappa shape index (κ2) is 10.1. The molecule has 138 valence electrons. The van der Waals surface area contributed by atoms with Crippen LogP contribution in [0.3, 0.4) is 0 Å². The standard InChI is InChI=1S/C15H18ClN3O3S2.ClH/c1-2-17-9-11-4-3-5-12(8-11)19-14(20)10-18-24(21,22)15-7-6-13(16)23-15;/h3-8,17-18H,2,9-10H2,1H3,(H,19,20);1H. The number of carbonyl (C=O) groups is 1. The van der Waals surface area contributed by atoms with Crippen molar-refractivity contribution >= 4 is 57.0 Å². The molecule has 0 unspecified atom stereocenters. The summed E-state index contributed by atoms with van der Waals surface area (Å²) >= 11 is 6.67. The molecule has 0 bridgehead atoms. The summed E-state index contributed by atoms with van der Waals surface area (Å²) in [5, 5.41) is 5.87. The topological polar surface area (TPSA) is 87.3 Å². The van der Waals surface area contributed by atoms with Gasteiger partial charge in [-0.1, -0.05) is 30.7 Å². The second-order valence-electron chi connectivity index (χ2n) is 4.91. The van der Waals surface area contributed by atoms with Gasteiger partial charge in [0, 0.05) is 12.2 Å². The normalized spacial score (nSPS) is 11.0. The zero-order valence-electron chi connectivity index (χ0n) is 13.4. The quantitative estimate of drug-likeness (QED) is 0.608. The Morgan fingerprint density at radius 3 is 2.64 bits per heavy atom. The van der Waals surface area contributed by atoms with E-state index in [2.05, 4.69) is 15.4 Å². The smallest absolute Gasteiger partial charge is 0.250 e. The number of anilines is 1. The first-order chi connectivity index (χ1) is 11.4. The van der Waals surface area contributed by atoms with Crippen molar-refractivity contribution in [2.45, 2.75) is 17.7 Å². The van der Waals surface area contributed by atoms with Gasteiger partial charge in [0.25, 0.3) is 10.0 Å². The van der Waals surface area contributed by atoms with Crippen LogP contribution >= 0.6 is 35.3 Å². The van der Waals surface area contributed by atoms with Crippen molar-refractivity contribution in [2.75, 3.05) is 18.4 Å². The van der Waals surface area contributed by atoms with E-state index in [9.17, 15) is 13.2 Å². The van der Waals surface area contributed by atoms with Gasteiger partial charge < -0.3 is 10.6 Å². The molecule has 2 aromatic rings. The van der Waals surface area contributed by atoms with Gasteiger partial charge >= 0.3 is 0 Å². The highest BCUT2D eigenvalue weighted by atomic mass is 35.5. The van der Waals surface area contributed by atoms with E-state index in [1.165, 1.54) is 12.1 Å². The van der Waals surface area contributed by atoms with Gasteiger partial charge in [0.2, 0.25) is 5.91 Å². The lowest BCUT2D eigenvalue weighted by molar-refractivity contribution is -0.115. The SMILES string of the molecule is CCNCc1cccc(NC(=O)CNS(=O)(=O)c2ccc(Cl)s2)c1.Cl. The number of sulfonamides is 1. The van der Waals surface area contributed by atoms with Crippen molar-refractivity contribution < 1.29 is 13.2 Å². The number of hydrogen-bond acceptors (Lipinski definition) is 5. The third kappa shape index (κ3) is 6.93. The van der Waals surface area contributed by atoms with Crippen LogP contribution in [0.4, 0.5) is 5.69 Å². The van der Waals surface area contributed by atoms with Crippen molar-refractivity contribution in [1.29, 1.82) is 0 Å². The predicted molar refractivity (Wildman–Crippen MR) is 104 cm³/mol. The van der Waals surface area contributed by atoms with Gasteiger partial charge in [-0.15, -0.1) is 23.7 Å². The Morgan fingerprint density at radius 1 is 1.24 bits per heavy atom. The van der Waals surface area contributed by atoms with Crippen molar-refractivity contribution in [3.8, 4) is 0 Å². The lowest BCUT2D eigenvalue weighted by Gasteiger charge is -2.09. The van der Waals surface area contributed by atoms with E-state index in [1.807, 2.05) is 25.1 Å². The second-order valence-corrected chi connectivity index (χ2v) is 8.62. The first kappa shape index (κ1) is 21.9. The monoisotopic (exact) mass is 423 g/mol. The van der Waals surface area contributed by atoms with E-state index in [1.54, 1.807) is 6.07 Å².